The average Bonchev–Trinajstić information content (AvgIpc) is 2.29. The summed E-state index contributed by atoms with van der Waals surface area (Å²) in [6.07, 6.45) is 3.08. The second-order valence-electron chi connectivity index (χ2n) is 3.38. The molecule has 0 aromatic heterocycles. The van der Waals surface area contributed by atoms with Crippen LogP contribution in [0.1, 0.15) is 13.8 Å². The van der Waals surface area contributed by atoms with Crippen molar-refractivity contribution in [2.45, 2.75) is 13.8 Å². The first-order valence-corrected chi connectivity index (χ1v) is 5.43. The van der Waals surface area contributed by atoms with Crippen molar-refractivity contribution in [1.29, 1.82) is 0 Å². The fourth-order valence-electron chi connectivity index (χ4n) is 1.39. The predicted molar refractivity (Wildman–Crippen MR) is 61.7 cm³/mol. The second-order valence-corrected chi connectivity index (χ2v) is 3.38. The molecular weight excluding hydrogens is 222 g/mol. The number of carbonyl (C=O) groups is 2. The van der Waals surface area contributed by atoms with Crippen LogP contribution in [0, 0.1) is 0 Å². The van der Waals surface area contributed by atoms with Gasteiger partial charge in [0, 0.05) is 6.08 Å². The minimum Gasteiger partial charge on any atom is -0.462 e. The highest BCUT2D eigenvalue weighted by atomic mass is 16.5. The molecule has 0 bridgehead atoms. The van der Waals surface area contributed by atoms with Crippen molar-refractivity contribution < 1.29 is 23.6 Å². The zero-order chi connectivity index (χ0) is 12.8. The molecule has 17 heavy (non-hydrogen) atoms. The maximum absolute atomic E-state index is 11.5. The third kappa shape index (κ3) is 3.27. The quantitative estimate of drug-likeness (QED) is 0.533. The first-order chi connectivity index (χ1) is 8.10. The Bertz CT molecular complexity index is 407. The highest BCUT2D eigenvalue weighted by Crippen LogP contribution is 2.12. The molecule has 92 valence electrons. The molecule has 1 rings (SSSR count). The Morgan fingerprint density at radius 1 is 1.24 bits per heavy atom. The molecule has 1 aliphatic heterocycles. The SMILES string of the molecule is C=[N+]1CC(C(=O)OCC)=CC=C1C(=O)OCC. The number of allylic oxidation sites excluding steroid dienone is 2. The lowest BCUT2D eigenvalue weighted by molar-refractivity contribution is -0.456. The first kappa shape index (κ1) is 13.2. The molecule has 0 amide bonds. The van der Waals surface area contributed by atoms with Gasteiger partial charge in [0.2, 0.25) is 0 Å². The molecule has 1 heterocycles. The summed E-state index contributed by atoms with van der Waals surface area (Å²) in [4.78, 5) is 22.9. The Morgan fingerprint density at radius 2 is 1.82 bits per heavy atom. The Labute approximate surface area is 100 Å². The van der Waals surface area contributed by atoms with Gasteiger partial charge in [-0.3, -0.25) is 0 Å². The fourth-order valence-corrected chi connectivity index (χ4v) is 1.39. The maximum atomic E-state index is 11.5. The van der Waals surface area contributed by atoms with Crippen molar-refractivity contribution >= 4 is 18.7 Å². The molecular formula is C12H16NO4+. The standard InChI is InChI=1S/C12H16NO4/c1-4-16-11(14)9-6-7-10(13(3)8-9)12(15)17-5-2/h6-7H,3-5,8H2,1-2H3/q+1. The van der Waals surface area contributed by atoms with Gasteiger partial charge in [0.1, 0.15) is 12.3 Å². The Balaban J connectivity index is 2.82. The third-order valence-electron chi connectivity index (χ3n) is 2.17. The van der Waals surface area contributed by atoms with Gasteiger partial charge in [0.05, 0.1) is 13.2 Å². The summed E-state index contributed by atoms with van der Waals surface area (Å²) in [6.45, 7) is 8.03. The van der Waals surface area contributed by atoms with Crippen molar-refractivity contribution in [2.75, 3.05) is 19.8 Å². The summed E-state index contributed by atoms with van der Waals surface area (Å²) in [7, 11) is 0. The maximum Gasteiger partial charge on any atom is 0.403 e. The Hall–Kier alpha value is -1.91. The number of carbonyl (C=O) groups excluding carboxylic acids is 2. The van der Waals surface area contributed by atoms with Gasteiger partial charge in [0.25, 0.3) is 5.70 Å². The van der Waals surface area contributed by atoms with E-state index in [1.54, 1.807) is 19.9 Å². The van der Waals surface area contributed by atoms with E-state index in [0.717, 1.165) is 0 Å². The van der Waals surface area contributed by atoms with Crippen molar-refractivity contribution in [1.82, 2.24) is 0 Å². The number of nitrogens with zero attached hydrogens (tertiary/aromatic N) is 1. The monoisotopic (exact) mass is 238 g/mol. The van der Waals surface area contributed by atoms with Crippen LogP contribution in [0.25, 0.3) is 0 Å². The van der Waals surface area contributed by atoms with Gasteiger partial charge in [0.15, 0.2) is 6.54 Å². The van der Waals surface area contributed by atoms with E-state index in [2.05, 4.69) is 6.72 Å². The van der Waals surface area contributed by atoms with Crippen LogP contribution in [-0.2, 0) is 19.1 Å². The van der Waals surface area contributed by atoms with Crippen LogP contribution in [0.4, 0.5) is 0 Å². The average molecular weight is 238 g/mol. The molecule has 0 unspecified atom stereocenters. The van der Waals surface area contributed by atoms with Crippen LogP contribution in [0.15, 0.2) is 23.4 Å². The molecule has 0 aromatic carbocycles. The molecule has 5 nitrogen and oxygen atoms in total. The van der Waals surface area contributed by atoms with Crippen molar-refractivity contribution in [3.05, 3.63) is 23.4 Å². The second kappa shape index (κ2) is 5.98. The Morgan fingerprint density at radius 3 is 2.35 bits per heavy atom. The summed E-state index contributed by atoms with van der Waals surface area (Å²) >= 11 is 0. The largest absolute Gasteiger partial charge is 0.462 e. The summed E-state index contributed by atoms with van der Waals surface area (Å²) < 4.78 is 11.1. The number of ether oxygens (including phenoxy) is 2. The smallest absolute Gasteiger partial charge is 0.403 e. The number of hydrogen-bond donors (Lipinski definition) is 0. The fraction of sp³-hybridized carbons (Fsp3) is 0.417. The van der Waals surface area contributed by atoms with E-state index in [9.17, 15) is 9.59 Å². The van der Waals surface area contributed by atoms with Gasteiger partial charge in [-0.2, -0.15) is 4.58 Å². The molecule has 0 spiro atoms. The van der Waals surface area contributed by atoms with Crippen LogP contribution < -0.4 is 0 Å². The third-order valence-corrected chi connectivity index (χ3v) is 2.17. The minimum atomic E-state index is -0.443. The Kier molecular flexibility index (Phi) is 4.63. The van der Waals surface area contributed by atoms with Gasteiger partial charge in [-0.1, -0.05) is 0 Å². The van der Waals surface area contributed by atoms with E-state index < -0.39 is 5.97 Å². The van der Waals surface area contributed by atoms with Gasteiger partial charge in [-0.25, -0.2) is 9.59 Å². The molecule has 0 saturated carbocycles. The molecule has 1 aliphatic rings. The first-order valence-electron chi connectivity index (χ1n) is 5.43. The van der Waals surface area contributed by atoms with Crippen LogP contribution in [0.3, 0.4) is 0 Å². The summed E-state index contributed by atoms with van der Waals surface area (Å²) in [5.74, 6) is -0.832. The highest BCUT2D eigenvalue weighted by molar-refractivity contribution is 5.91. The number of hydrogen-bond acceptors (Lipinski definition) is 4. The normalized spacial score (nSPS) is 14.8. The summed E-state index contributed by atoms with van der Waals surface area (Å²) in [5.41, 5.74) is 0.801. The van der Waals surface area contributed by atoms with E-state index in [0.29, 0.717) is 24.5 Å². The summed E-state index contributed by atoms with van der Waals surface area (Å²) in [5, 5.41) is 0. The van der Waals surface area contributed by atoms with Gasteiger partial charge in [-0.05, 0) is 19.9 Å². The van der Waals surface area contributed by atoms with Crippen molar-refractivity contribution in [3.8, 4) is 0 Å². The van der Waals surface area contributed by atoms with Crippen LogP contribution in [0.2, 0.25) is 0 Å². The lowest BCUT2D eigenvalue weighted by atomic mass is 10.1. The van der Waals surface area contributed by atoms with E-state index in [1.807, 2.05) is 0 Å². The van der Waals surface area contributed by atoms with Gasteiger partial charge < -0.3 is 9.47 Å². The summed E-state index contributed by atoms with van der Waals surface area (Å²) in [6, 6.07) is 0. The molecule has 0 atom stereocenters. The van der Waals surface area contributed by atoms with Crippen molar-refractivity contribution in [3.63, 3.8) is 0 Å². The molecule has 0 saturated heterocycles. The van der Waals surface area contributed by atoms with E-state index >= 15 is 0 Å². The molecule has 0 radical (unpaired) electrons. The predicted octanol–water partition coefficient (Wildman–Crippen LogP) is 0.650. The topological polar surface area (TPSA) is 55.6 Å². The lowest BCUT2D eigenvalue weighted by Gasteiger charge is -2.10. The van der Waals surface area contributed by atoms with Crippen LogP contribution >= 0.6 is 0 Å². The van der Waals surface area contributed by atoms with Crippen molar-refractivity contribution in [2.24, 2.45) is 0 Å². The molecule has 0 N–H and O–H groups in total. The van der Waals surface area contributed by atoms with Gasteiger partial charge in [-0.15, -0.1) is 0 Å². The van der Waals surface area contributed by atoms with Gasteiger partial charge >= 0.3 is 11.9 Å². The number of esters is 2. The van der Waals surface area contributed by atoms with Crippen LogP contribution in [-0.4, -0.2) is 43.0 Å². The molecule has 5 heteroatoms. The zero-order valence-corrected chi connectivity index (χ0v) is 10.1. The zero-order valence-electron chi connectivity index (χ0n) is 10.1. The minimum absolute atomic E-state index is 0.240. The highest BCUT2D eigenvalue weighted by Gasteiger charge is 2.28. The number of rotatable bonds is 4. The van der Waals surface area contributed by atoms with Crippen LogP contribution in [0.5, 0.6) is 0 Å². The molecule has 0 aromatic rings. The molecule has 0 fully saturated rings. The molecule has 0 aliphatic carbocycles. The van der Waals surface area contributed by atoms with E-state index in [4.69, 9.17) is 9.47 Å². The van der Waals surface area contributed by atoms with E-state index in [-0.39, 0.29) is 12.5 Å². The lowest BCUT2D eigenvalue weighted by Crippen LogP contribution is -2.26. The van der Waals surface area contributed by atoms with E-state index in [1.165, 1.54) is 10.7 Å².